The Labute approximate surface area is 103 Å². The summed E-state index contributed by atoms with van der Waals surface area (Å²) in [6, 6.07) is 7.90. The lowest BCUT2D eigenvalue weighted by molar-refractivity contribution is -0.122. The van der Waals surface area contributed by atoms with Crippen molar-refractivity contribution in [2.24, 2.45) is 11.1 Å². The zero-order valence-electron chi connectivity index (χ0n) is 11.1. The predicted molar refractivity (Wildman–Crippen MR) is 70.5 cm³/mol. The molecule has 0 radical (unpaired) electrons. The second kappa shape index (κ2) is 5.32. The van der Waals surface area contributed by atoms with Crippen LogP contribution in [-0.4, -0.2) is 11.9 Å². The molecule has 0 aromatic heterocycles. The summed E-state index contributed by atoms with van der Waals surface area (Å²) in [7, 11) is 0. The number of amides is 1. The SMILES string of the molecule is Cc1cccc(CNC(C(N)=O)C(C)(C)C)c1. The zero-order chi connectivity index (χ0) is 13.1. The number of nitrogens with one attached hydrogen (secondary N) is 1. The van der Waals surface area contributed by atoms with Gasteiger partial charge in [-0.05, 0) is 17.9 Å². The molecule has 0 bridgehead atoms. The van der Waals surface area contributed by atoms with E-state index in [1.807, 2.05) is 32.9 Å². The van der Waals surface area contributed by atoms with Crippen LogP contribution in [0.5, 0.6) is 0 Å². The van der Waals surface area contributed by atoms with E-state index in [2.05, 4.69) is 24.4 Å². The molecule has 0 aliphatic heterocycles. The van der Waals surface area contributed by atoms with Gasteiger partial charge in [0.15, 0.2) is 0 Å². The van der Waals surface area contributed by atoms with E-state index in [-0.39, 0.29) is 17.4 Å². The van der Waals surface area contributed by atoms with Gasteiger partial charge in [0.2, 0.25) is 5.91 Å². The van der Waals surface area contributed by atoms with Gasteiger partial charge >= 0.3 is 0 Å². The van der Waals surface area contributed by atoms with Gasteiger partial charge in [0, 0.05) is 6.54 Å². The first-order valence-corrected chi connectivity index (χ1v) is 5.89. The van der Waals surface area contributed by atoms with E-state index in [1.165, 1.54) is 11.1 Å². The Bertz CT molecular complexity index is 393. The number of aryl methyl sites for hydroxylation is 1. The largest absolute Gasteiger partial charge is 0.368 e. The Balaban J connectivity index is 2.68. The van der Waals surface area contributed by atoms with Crippen molar-refractivity contribution in [3.8, 4) is 0 Å². The molecular weight excluding hydrogens is 212 g/mol. The van der Waals surface area contributed by atoms with Crippen molar-refractivity contribution >= 4 is 5.91 Å². The second-order valence-corrected chi connectivity index (χ2v) is 5.57. The molecule has 0 fully saturated rings. The molecule has 1 amide bonds. The minimum Gasteiger partial charge on any atom is -0.368 e. The predicted octanol–water partition coefficient (Wildman–Crippen LogP) is 1.98. The lowest BCUT2D eigenvalue weighted by Gasteiger charge is -2.29. The van der Waals surface area contributed by atoms with Crippen molar-refractivity contribution in [3.63, 3.8) is 0 Å². The number of carbonyl (C=O) groups is 1. The highest BCUT2D eigenvalue weighted by Gasteiger charge is 2.28. The van der Waals surface area contributed by atoms with Gasteiger partial charge in [-0.25, -0.2) is 0 Å². The van der Waals surface area contributed by atoms with Crippen LogP contribution < -0.4 is 11.1 Å². The second-order valence-electron chi connectivity index (χ2n) is 5.57. The molecule has 17 heavy (non-hydrogen) atoms. The Kier molecular flexibility index (Phi) is 4.29. The lowest BCUT2D eigenvalue weighted by atomic mass is 9.86. The topological polar surface area (TPSA) is 55.1 Å². The summed E-state index contributed by atoms with van der Waals surface area (Å²) in [6.07, 6.45) is 0. The van der Waals surface area contributed by atoms with Gasteiger partial charge in [0.1, 0.15) is 0 Å². The maximum absolute atomic E-state index is 11.4. The van der Waals surface area contributed by atoms with Gasteiger partial charge < -0.3 is 11.1 Å². The van der Waals surface area contributed by atoms with Crippen molar-refractivity contribution in [2.75, 3.05) is 0 Å². The Morgan fingerprint density at radius 1 is 1.41 bits per heavy atom. The molecule has 1 unspecified atom stereocenters. The summed E-state index contributed by atoms with van der Waals surface area (Å²) >= 11 is 0. The summed E-state index contributed by atoms with van der Waals surface area (Å²) in [6.45, 7) is 8.73. The van der Waals surface area contributed by atoms with E-state index in [9.17, 15) is 4.79 Å². The molecule has 3 N–H and O–H groups in total. The van der Waals surface area contributed by atoms with Crippen molar-refractivity contribution in [2.45, 2.75) is 40.3 Å². The molecule has 1 rings (SSSR count). The number of benzene rings is 1. The summed E-state index contributed by atoms with van der Waals surface area (Å²) in [5, 5.41) is 3.23. The van der Waals surface area contributed by atoms with Gasteiger partial charge in [0.05, 0.1) is 6.04 Å². The highest BCUT2D eigenvalue weighted by atomic mass is 16.1. The first-order chi connectivity index (χ1) is 7.80. The van der Waals surface area contributed by atoms with E-state index < -0.39 is 0 Å². The van der Waals surface area contributed by atoms with E-state index in [1.54, 1.807) is 0 Å². The Morgan fingerprint density at radius 2 is 2.06 bits per heavy atom. The highest BCUT2D eigenvalue weighted by molar-refractivity contribution is 5.80. The number of nitrogens with two attached hydrogens (primary N) is 1. The van der Waals surface area contributed by atoms with E-state index >= 15 is 0 Å². The van der Waals surface area contributed by atoms with Crippen LogP contribution in [0.1, 0.15) is 31.9 Å². The first-order valence-electron chi connectivity index (χ1n) is 5.89. The molecule has 94 valence electrons. The van der Waals surface area contributed by atoms with Gasteiger partial charge in [-0.1, -0.05) is 50.6 Å². The van der Waals surface area contributed by atoms with E-state index in [0.29, 0.717) is 6.54 Å². The highest BCUT2D eigenvalue weighted by Crippen LogP contribution is 2.19. The molecule has 1 atom stereocenters. The average molecular weight is 234 g/mol. The number of carbonyl (C=O) groups excluding carboxylic acids is 1. The van der Waals surface area contributed by atoms with Gasteiger partial charge in [0.25, 0.3) is 0 Å². The standard InChI is InChI=1S/C14H22N2O/c1-10-6-5-7-11(8-10)9-16-12(13(15)17)14(2,3)4/h5-8,12,16H,9H2,1-4H3,(H2,15,17). The third-order valence-corrected chi connectivity index (χ3v) is 2.74. The lowest BCUT2D eigenvalue weighted by Crippen LogP contribution is -2.49. The Morgan fingerprint density at radius 3 is 2.53 bits per heavy atom. The minimum atomic E-state index is -0.317. The molecule has 3 heteroatoms. The smallest absolute Gasteiger partial charge is 0.235 e. The van der Waals surface area contributed by atoms with E-state index in [0.717, 1.165) is 0 Å². The fourth-order valence-electron chi connectivity index (χ4n) is 1.88. The summed E-state index contributed by atoms with van der Waals surface area (Å²) in [5.41, 5.74) is 7.63. The quantitative estimate of drug-likeness (QED) is 0.837. The maximum Gasteiger partial charge on any atom is 0.235 e. The number of primary amides is 1. The van der Waals surface area contributed by atoms with Crippen LogP contribution in [0.15, 0.2) is 24.3 Å². The maximum atomic E-state index is 11.4. The minimum absolute atomic E-state index is 0.171. The van der Waals surface area contributed by atoms with Crippen LogP contribution in [0, 0.1) is 12.3 Å². The molecule has 0 aliphatic carbocycles. The van der Waals surface area contributed by atoms with Crippen LogP contribution in [0.4, 0.5) is 0 Å². The van der Waals surface area contributed by atoms with Crippen molar-refractivity contribution in [1.29, 1.82) is 0 Å². The monoisotopic (exact) mass is 234 g/mol. The van der Waals surface area contributed by atoms with Crippen LogP contribution in [0.25, 0.3) is 0 Å². The summed E-state index contributed by atoms with van der Waals surface area (Å²) < 4.78 is 0. The van der Waals surface area contributed by atoms with Gasteiger partial charge in [-0.15, -0.1) is 0 Å². The zero-order valence-corrected chi connectivity index (χ0v) is 11.1. The Hall–Kier alpha value is -1.35. The number of hydrogen-bond acceptors (Lipinski definition) is 2. The molecule has 3 nitrogen and oxygen atoms in total. The molecule has 0 saturated carbocycles. The first kappa shape index (κ1) is 13.7. The number of rotatable bonds is 4. The van der Waals surface area contributed by atoms with Crippen molar-refractivity contribution in [1.82, 2.24) is 5.32 Å². The summed E-state index contributed by atoms with van der Waals surface area (Å²) in [4.78, 5) is 11.4. The molecule has 0 saturated heterocycles. The molecule has 0 spiro atoms. The van der Waals surface area contributed by atoms with Crippen LogP contribution in [0.2, 0.25) is 0 Å². The fourth-order valence-corrected chi connectivity index (χ4v) is 1.88. The van der Waals surface area contributed by atoms with E-state index in [4.69, 9.17) is 5.73 Å². The molecular formula is C14H22N2O. The molecule has 0 aliphatic rings. The van der Waals surface area contributed by atoms with Gasteiger partial charge in [-0.3, -0.25) is 4.79 Å². The number of hydrogen-bond donors (Lipinski definition) is 2. The van der Waals surface area contributed by atoms with Crippen LogP contribution in [-0.2, 0) is 11.3 Å². The van der Waals surface area contributed by atoms with Crippen molar-refractivity contribution < 1.29 is 4.79 Å². The van der Waals surface area contributed by atoms with Crippen LogP contribution >= 0.6 is 0 Å². The average Bonchev–Trinajstić information content (AvgIpc) is 2.15. The van der Waals surface area contributed by atoms with Gasteiger partial charge in [-0.2, -0.15) is 0 Å². The molecule has 0 heterocycles. The third kappa shape index (κ3) is 4.19. The summed E-state index contributed by atoms with van der Waals surface area (Å²) in [5.74, 6) is -0.301. The third-order valence-electron chi connectivity index (χ3n) is 2.74. The normalized spacial score (nSPS) is 13.4. The molecule has 1 aromatic carbocycles. The van der Waals surface area contributed by atoms with Crippen molar-refractivity contribution in [3.05, 3.63) is 35.4 Å². The fraction of sp³-hybridized carbons (Fsp3) is 0.500. The van der Waals surface area contributed by atoms with Crippen LogP contribution in [0.3, 0.4) is 0 Å². The molecule has 1 aromatic rings.